The van der Waals surface area contributed by atoms with Crippen LogP contribution >= 0.6 is 0 Å². The van der Waals surface area contributed by atoms with Gasteiger partial charge in [0.1, 0.15) is 5.76 Å². The average molecular weight is 455 g/mol. The second kappa shape index (κ2) is 8.98. The maximum absolute atomic E-state index is 13.5. The van der Waals surface area contributed by atoms with E-state index in [1.54, 1.807) is 4.90 Å². The number of rotatable bonds is 4. The first-order valence-electron chi connectivity index (χ1n) is 12.0. The van der Waals surface area contributed by atoms with Crippen LogP contribution in [0.4, 0.5) is 5.69 Å². The van der Waals surface area contributed by atoms with E-state index in [9.17, 15) is 14.7 Å². The molecule has 0 aromatic heterocycles. The van der Waals surface area contributed by atoms with Crippen LogP contribution in [0.2, 0.25) is 0 Å². The fourth-order valence-electron chi connectivity index (χ4n) is 5.44. The van der Waals surface area contributed by atoms with Crippen molar-refractivity contribution in [1.29, 1.82) is 0 Å². The molecule has 1 atom stereocenters. The van der Waals surface area contributed by atoms with Crippen molar-refractivity contribution in [3.63, 3.8) is 0 Å². The van der Waals surface area contributed by atoms with Crippen LogP contribution in [-0.4, -0.2) is 41.8 Å². The molecule has 1 N–H and O–H groups in total. The number of hydrogen-bond donors (Lipinski definition) is 1. The normalized spacial score (nSPS) is 20.8. The van der Waals surface area contributed by atoms with E-state index in [4.69, 9.17) is 0 Å². The number of benzene rings is 3. The number of anilines is 1. The quantitative estimate of drug-likeness (QED) is 0.314. The highest BCUT2D eigenvalue weighted by atomic mass is 16.3. The Hall–Kier alpha value is -3.60. The summed E-state index contributed by atoms with van der Waals surface area (Å²) in [6.07, 6.45) is 5.01. The van der Waals surface area contributed by atoms with Gasteiger partial charge < -0.3 is 14.9 Å². The van der Waals surface area contributed by atoms with Gasteiger partial charge in [-0.1, -0.05) is 73.9 Å². The van der Waals surface area contributed by atoms with Crippen molar-refractivity contribution in [1.82, 2.24) is 4.90 Å². The number of likely N-dealkylation sites (tertiary alicyclic amines) is 1. The lowest BCUT2D eigenvalue weighted by Gasteiger charge is -2.35. The summed E-state index contributed by atoms with van der Waals surface area (Å²) in [5, 5.41) is 13.4. The molecule has 5 nitrogen and oxygen atoms in total. The Morgan fingerprint density at radius 3 is 2.26 bits per heavy atom. The molecular formula is C29H30N2O3. The van der Waals surface area contributed by atoms with Crippen molar-refractivity contribution in [3.05, 3.63) is 83.4 Å². The predicted molar refractivity (Wildman–Crippen MR) is 136 cm³/mol. The summed E-state index contributed by atoms with van der Waals surface area (Å²) < 4.78 is 0. The maximum Gasteiger partial charge on any atom is 0.295 e. The fourth-order valence-corrected chi connectivity index (χ4v) is 5.44. The van der Waals surface area contributed by atoms with Crippen LogP contribution in [-0.2, 0) is 9.59 Å². The first kappa shape index (κ1) is 22.2. The van der Waals surface area contributed by atoms with Crippen molar-refractivity contribution < 1.29 is 14.7 Å². The molecule has 5 heteroatoms. The second-order valence-corrected chi connectivity index (χ2v) is 9.51. The molecule has 1 saturated heterocycles. The summed E-state index contributed by atoms with van der Waals surface area (Å²) in [5.74, 6) is -1.21. The third kappa shape index (κ3) is 3.75. The Kier molecular flexibility index (Phi) is 5.86. The number of nitrogens with zero attached hydrogens (tertiary/aromatic N) is 2. The Balaban J connectivity index is 1.70. The van der Waals surface area contributed by atoms with Crippen LogP contribution in [0.5, 0.6) is 0 Å². The molecule has 3 aromatic rings. The fraction of sp³-hybridized carbons (Fsp3) is 0.310. The molecule has 174 valence electrons. The van der Waals surface area contributed by atoms with Gasteiger partial charge in [0.2, 0.25) is 0 Å². The third-order valence-electron chi connectivity index (χ3n) is 7.22. The molecule has 1 amide bonds. The monoisotopic (exact) mass is 454 g/mol. The standard InChI is InChI=1S/C29H30N2O3/c1-30(2)21-17-15-20(16-18-21)26-25(28(33)29(34)31(26)22-11-4-3-5-12-22)27(32)24-14-8-10-19-9-6-7-13-23(19)24/h6-10,13-18,22,26,32H,3-5,11-12H2,1-2H3/b27-25-. The number of carbonyl (C=O) groups excluding carboxylic acids is 2. The van der Waals surface area contributed by atoms with E-state index in [0.29, 0.717) is 5.56 Å². The van der Waals surface area contributed by atoms with E-state index in [0.717, 1.165) is 54.1 Å². The highest BCUT2D eigenvalue weighted by molar-refractivity contribution is 6.46. The summed E-state index contributed by atoms with van der Waals surface area (Å²) >= 11 is 0. The third-order valence-corrected chi connectivity index (χ3v) is 7.22. The van der Waals surface area contributed by atoms with Gasteiger partial charge in [0.25, 0.3) is 11.7 Å². The van der Waals surface area contributed by atoms with Gasteiger partial charge in [0.15, 0.2) is 0 Å². The molecule has 0 spiro atoms. The van der Waals surface area contributed by atoms with Gasteiger partial charge in [-0.05, 0) is 41.3 Å². The lowest BCUT2D eigenvalue weighted by molar-refractivity contribution is -0.141. The molecule has 1 aliphatic carbocycles. The van der Waals surface area contributed by atoms with E-state index >= 15 is 0 Å². The first-order valence-corrected chi connectivity index (χ1v) is 12.0. The summed E-state index contributed by atoms with van der Waals surface area (Å²) in [4.78, 5) is 30.6. The van der Waals surface area contributed by atoms with Crippen molar-refractivity contribution in [2.75, 3.05) is 19.0 Å². The largest absolute Gasteiger partial charge is 0.507 e. The van der Waals surface area contributed by atoms with E-state index in [1.807, 2.05) is 85.7 Å². The van der Waals surface area contributed by atoms with E-state index in [2.05, 4.69) is 0 Å². The number of Topliss-reactive ketones (excluding diaryl/α,β-unsaturated/α-hetero) is 1. The van der Waals surface area contributed by atoms with Crippen LogP contribution in [0.25, 0.3) is 16.5 Å². The van der Waals surface area contributed by atoms with Crippen molar-refractivity contribution in [2.45, 2.75) is 44.2 Å². The first-order chi connectivity index (χ1) is 16.5. The molecular weight excluding hydrogens is 424 g/mol. The van der Waals surface area contributed by atoms with E-state index < -0.39 is 17.7 Å². The lowest BCUT2D eigenvalue weighted by Crippen LogP contribution is -2.40. The zero-order valence-electron chi connectivity index (χ0n) is 19.7. The zero-order chi connectivity index (χ0) is 23.8. The van der Waals surface area contributed by atoms with Crippen LogP contribution < -0.4 is 4.90 Å². The summed E-state index contributed by atoms with van der Waals surface area (Å²) in [5.41, 5.74) is 2.64. The van der Waals surface area contributed by atoms with Crippen LogP contribution in [0, 0.1) is 0 Å². The molecule has 5 rings (SSSR count). The Labute approximate surface area is 200 Å². The van der Waals surface area contributed by atoms with Gasteiger partial charge >= 0.3 is 0 Å². The minimum atomic E-state index is -0.599. The molecule has 1 saturated carbocycles. The van der Waals surface area contributed by atoms with Gasteiger partial charge in [-0.3, -0.25) is 9.59 Å². The maximum atomic E-state index is 13.5. The van der Waals surface area contributed by atoms with E-state index in [1.165, 1.54) is 0 Å². The molecule has 3 aromatic carbocycles. The molecule has 1 aliphatic heterocycles. The molecule has 0 bridgehead atoms. The molecule has 0 radical (unpaired) electrons. The number of amides is 1. The average Bonchev–Trinajstić information content (AvgIpc) is 3.14. The zero-order valence-corrected chi connectivity index (χ0v) is 19.7. The lowest BCUT2D eigenvalue weighted by atomic mass is 9.90. The van der Waals surface area contributed by atoms with Gasteiger partial charge in [0, 0.05) is 31.4 Å². The number of ketones is 1. The molecule has 1 heterocycles. The van der Waals surface area contributed by atoms with Crippen molar-refractivity contribution in [3.8, 4) is 0 Å². The number of carbonyl (C=O) groups is 2. The Morgan fingerprint density at radius 1 is 0.882 bits per heavy atom. The van der Waals surface area contributed by atoms with Crippen LogP contribution in [0.1, 0.15) is 49.3 Å². The highest BCUT2D eigenvalue weighted by Crippen LogP contribution is 2.44. The minimum absolute atomic E-state index is 0.00143. The predicted octanol–water partition coefficient (Wildman–Crippen LogP) is 5.66. The van der Waals surface area contributed by atoms with Crippen molar-refractivity contribution >= 4 is 33.9 Å². The van der Waals surface area contributed by atoms with Gasteiger partial charge in [0.05, 0.1) is 11.6 Å². The highest BCUT2D eigenvalue weighted by Gasteiger charge is 2.48. The Bertz CT molecular complexity index is 1260. The smallest absolute Gasteiger partial charge is 0.295 e. The number of fused-ring (bicyclic) bond motifs is 1. The molecule has 34 heavy (non-hydrogen) atoms. The van der Waals surface area contributed by atoms with Crippen LogP contribution in [0.15, 0.2) is 72.3 Å². The van der Waals surface area contributed by atoms with Crippen LogP contribution in [0.3, 0.4) is 0 Å². The molecule has 2 aliphatic rings. The number of aliphatic hydroxyl groups is 1. The number of aliphatic hydroxyl groups excluding tert-OH is 1. The second-order valence-electron chi connectivity index (χ2n) is 9.51. The topological polar surface area (TPSA) is 60.9 Å². The van der Waals surface area contributed by atoms with E-state index in [-0.39, 0.29) is 17.4 Å². The molecule has 1 unspecified atom stereocenters. The SMILES string of the molecule is CN(C)c1ccc(C2/C(=C(/O)c3cccc4ccccc34)C(=O)C(=O)N2C2CCCCC2)cc1. The molecule has 2 fully saturated rings. The van der Waals surface area contributed by atoms with Gasteiger partial charge in [-0.25, -0.2) is 0 Å². The summed E-state index contributed by atoms with van der Waals surface area (Å²) in [6, 6.07) is 20.8. The van der Waals surface area contributed by atoms with Gasteiger partial charge in [-0.2, -0.15) is 0 Å². The Morgan fingerprint density at radius 2 is 1.56 bits per heavy atom. The van der Waals surface area contributed by atoms with Gasteiger partial charge in [-0.15, -0.1) is 0 Å². The number of hydrogen-bond acceptors (Lipinski definition) is 4. The van der Waals surface area contributed by atoms with Crippen molar-refractivity contribution in [2.24, 2.45) is 0 Å². The summed E-state index contributed by atoms with van der Waals surface area (Å²) in [7, 11) is 3.95. The minimum Gasteiger partial charge on any atom is -0.507 e. The summed E-state index contributed by atoms with van der Waals surface area (Å²) in [6.45, 7) is 0.